The minimum atomic E-state index is -0.221. The molecule has 1 unspecified atom stereocenters. The molecule has 0 amide bonds. The van der Waals surface area contributed by atoms with Crippen LogP contribution in [0.15, 0.2) is 53.5 Å². The Labute approximate surface area is 198 Å². The van der Waals surface area contributed by atoms with Gasteiger partial charge in [0.25, 0.3) is 0 Å². The summed E-state index contributed by atoms with van der Waals surface area (Å²) in [5.41, 5.74) is 3.54. The topological polar surface area (TPSA) is 48.9 Å². The molecule has 5 nitrogen and oxygen atoms in total. The predicted octanol–water partition coefficient (Wildman–Crippen LogP) is 4.72. The molecule has 2 aromatic rings. The fourth-order valence-electron chi connectivity index (χ4n) is 3.79. The Hall–Kier alpha value is -1.80. The number of aliphatic imine (C=N–C) groups is 1. The number of fused-ring (bicyclic) bond motifs is 1. The molecule has 6 heteroatoms. The summed E-state index contributed by atoms with van der Waals surface area (Å²) < 4.78 is 6.17. The highest BCUT2D eigenvalue weighted by Gasteiger charge is 2.33. The third-order valence-corrected chi connectivity index (χ3v) is 5.04. The van der Waals surface area contributed by atoms with Crippen LogP contribution in [0.4, 0.5) is 0 Å². The molecule has 2 N–H and O–H groups in total. The Morgan fingerprint density at radius 2 is 1.77 bits per heavy atom. The Morgan fingerprint density at radius 3 is 2.47 bits per heavy atom. The first-order chi connectivity index (χ1) is 13.9. The smallest absolute Gasteiger partial charge is 0.192 e. The second-order valence-electron chi connectivity index (χ2n) is 8.50. The Bertz CT molecular complexity index is 851. The summed E-state index contributed by atoms with van der Waals surface area (Å²) in [5.74, 6) is 1.79. The van der Waals surface area contributed by atoms with Crippen molar-refractivity contribution in [3.05, 3.63) is 65.2 Å². The molecule has 0 saturated heterocycles. The van der Waals surface area contributed by atoms with E-state index >= 15 is 0 Å². The Kier molecular flexibility index (Phi) is 8.97. The fourth-order valence-corrected chi connectivity index (χ4v) is 3.79. The van der Waals surface area contributed by atoms with Crippen molar-refractivity contribution in [2.24, 2.45) is 4.99 Å². The fraction of sp³-hybridized carbons (Fsp3) is 0.458. The van der Waals surface area contributed by atoms with Gasteiger partial charge in [0.1, 0.15) is 11.4 Å². The highest BCUT2D eigenvalue weighted by atomic mass is 127. The van der Waals surface area contributed by atoms with E-state index in [1.165, 1.54) is 16.7 Å². The number of halogens is 1. The van der Waals surface area contributed by atoms with Crippen LogP contribution in [0.3, 0.4) is 0 Å². The van der Waals surface area contributed by atoms with Crippen LogP contribution in [-0.2, 0) is 13.1 Å². The van der Waals surface area contributed by atoms with Crippen LogP contribution in [0.1, 0.15) is 49.9 Å². The van der Waals surface area contributed by atoms with Gasteiger partial charge >= 0.3 is 0 Å². The van der Waals surface area contributed by atoms with Crippen molar-refractivity contribution >= 4 is 29.9 Å². The molecule has 1 aliphatic heterocycles. The molecule has 30 heavy (non-hydrogen) atoms. The van der Waals surface area contributed by atoms with Gasteiger partial charge in [-0.25, -0.2) is 4.99 Å². The molecule has 1 atom stereocenters. The number of nitrogens with zero attached hydrogens (tertiary/aromatic N) is 2. The minimum Gasteiger partial charge on any atom is -0.487 e. The van der Waals surface area contributed by atoms with E-state index in [0.717, 1.165) is 31.2 Å². The molecule has 1 heterocycles. The van der Waals surface area contributed by atoms with Gasteiger partial charge in [0.15, 0.2) is 5.96 Å². The van der Waals surface area contributed by atoms with E-state index in [1.54, 1.807) is 0 Å². The molecular weight excluding hydrogens is 487 g/mol. The number of rotatable bonds is 6. The maximum atomic E-state index is 6.17. The van der Waals surface area contributed by atoms with Crippen molar-refractivity contribution in [1.82, 2.24) is 15.5 Å². The highest BCUT2D eigenvalue weighted by molar-refractivity contribution is 14.0. The normalized spacial score (nSPS) is 17.5. The number of benzene rings is 2. The lowest BCUT2D eigenvalue weighted by atomic mass is 9.90. The summed E-state index contributed by atoms with van der Waals surface area (Å²) in [5, 5.41) is 7.05. The molecule has 0 aromatic heterocycles. The lowest BCUT2D eigenvalue weighted by Gasteiger charge is -2.38. The average Bonchev–Trinajstić information content (AvgIpc) is 2.66. The van der Waals surface area contributed by atoms with Gasteiger partial charge in [0, 0.05) is 25.1 Å². The van der Waals surface area contributed by atoms with E-state index in [1.807, 2.05) is 12.1 Å². The third-order valence-electron chi connectivity index (χ3n) is 5.04. The van der Waals surface area contributed by atoms with Crippen molar-refractivity contribution in [2.45, 2.75) is 51.9 Å². The van der Waals surface area contributed by atoms with Crippen molar-refractivity contribution in [1.29, 1.82) is 0 Å². The van der Waals surface area contributed by atoms with Gasteiger partial charge in [-0.2, -0.15) is 0 Å². The van der Waals surface area contributed by atoms with Crippen LogP contribution in [-0.4, -0.2) is 37.1 Å². The van der Waals surface area contributed by atoms with Crippen molar-refractivity contribution in [3.63, 3.8) is 0 Å². The van der Waals surface area contributed by atoms with Gasteiger partial charge in [-0.05, 0) is 52.1 Å². The Balaban J connectivity index is 0.00000320. The van der Waals surface area contributed by atoms with Crippen LogP contribution >= 0.6 is 24.0 Å². The third kappa shape index (κ3) is 6.60. The number of guanidine groups is 1. The van der Waals surface area contributed by atoms with Crippen LogP contribution in [0.5, 0.6) is 5.75 Å². The van der Waals surface area contributed by atoms with Crippen LogP contribution in [0, 0.1) is 0 Å². The molecule has 3 rings (SSSR count). The molecule has 0 radical (unpaired) electrons. The zero-order valence-corrected chi connectivity index (χ0v) is 21.1. The minimum absolute atomic E-state index is 0. The van der Waals surface area contributed by atoms with Gasteiger partial charge in [0.05, 0.1) is 12.6 Å². The summed E-state index contributed by atoms with van der Waals surface area (Å²) in [7, 11) is 4.19. The first kappa shape index (κ1) is 24.5. The maximum Gasteiger partial charge on any atom is 0.192 e. The molecule has 1 aliphatic rings. The van der Waals surface area contributed by atoms with Gasteiger partial charge in [0.2, 0.25) is 0 Å². The molecule has 0 saturated carbocycles. The number of hydrogen-bond acceptors (Lipinski definition) is 3. The molecule has 0 spiro atoms. The summed E-state index contributed by atoms with van der Waals surface area (Å²) in [6.45, 7) is 8.75. The van der Waals surface area contributed by atoms with Crippen LogP contribution in [0.25, 0.3) is 0 Å². The van der Waals surface area contributed by atoms with Gasteiger partial charge < -0.3 is 20.3 Å². The van der Waals surface area contributed by atoms with Crippen LogP contribution < -0.4 is 15.4 Å². The molecule has 0 aliphatic carbocycles. The lowest BCUT2D eigenvalue weighted by Crippen LogP contribution is -2.45. The maximum absolute atomic E-state index is 6.17. The predicted molar refractivity (Wildman–Crippen MR) is 136 cm³/mol. The number of ether oxygens (including phenoxy) is 1. The SMILES string of the molecule is CCNC(=NCc1ccccc1CN(C)C)NC1CC(C)(C)Oc2ccccc21.I. The van der Waals surface area contributed by atoms with Crippen molar-refractivity contribution in [3.8, 4) is 5.75 Å². The van der Waals surface area contributed by atoms with E-state index < -0.39 is 0 Å². The van der Waals surface area contributed by atoms with Gasteiger partial charge in [-0.3, -0.25) is 0 Å². The lowest BCUT2D eigenvalue weighted by molar-refractivity contribution is 0.0694. The van der Waals surface area contributed by atoms with Crippen molar-refractivity contribution < 1.29 is 4.74 Å². The zero-order valence-electron chi connectivity index (χ0n) is 18.7. The van der Waals surface area contributed by atoms with E-state index in [2.05, 4.69) is 86.8 Å². The number of hydrogen-bond donors (Lipinski definition) is 2. The zero-order chi connectivity index (χ0) is 20.9. The summed E-state index contributed by atoms with van der Waals surface area (Å²) in [4.78, 5) is 7.09. The van der Waals surface area contributed by atoms with E-state index in [9.17, 15) is 0 Å². The Morgan fingerprint density at radius 1 is 1.10 bits per heavy atom. The second kappa shape index (κ2) is 11.0. The van der Waals surface area contributed by atoms with Crippen molar-refractivity contribution in [2.75, 3.05) is 20.6 Å². The molecule has 164 valence electrons. The van der Waals surface area contributed by atoms with E-state index in [0.29, 0.717) is 6.54 Å². The second-order valence-corrected chi connectivity index (χ2v) is 8.50. The summed E-state index contributed by atoms with van der Waals surface area (Å²) in [6, 6.07) is 17.0. The van der Waals surface area contributed by atoms with Gasteiger partial charge in [-0.1, -0.05) is 42.5 Å². The highest BCUT2D eigenvalue weighted by Crippen LogP contribution is 2.39. The quantitative estimate of drug-likeness (QED) is 0.328. The first-order valence-corrected chi connectivity index (χ1v) is 10.4. The monoisotopic (exact) mass is 522 g/mol. The van der Waals surface area contributed by atoms with Crippen LogP contribution in [0.2, 0.25) is 0 Å². The number of para-hydroxylation sites is 1. The number of nitrogens with one attached hydrogen (secondary N) is 2. The molecule has 0 fully saturated rings. The largest absolute Gasteiger partial charge is 0.487 e. The summed E-state index contributed by atoms with van der Waals surface area (Å²) in [6.07, 6.45) is 0.881. The molecule has 0 bridgehead atoms. The van der Waals surface area contributed by atoms with E-state index in [-0.39, 0.29) is 35.6 Å². The standard InChI is InChI=1S/C24H34N4O.HI/c1-6-25-23(26-16-18-11-7-8-12-19(18)17-28(4)5)27-21-15-24(2,3)29-22-14-10-9-13-20(21)22;/h7-14,21H,6,15-17H2,1-5H3,(H2,25,26,27);1H. The van der Waals surface area contributed by atoms with E-state index in [4.69, 9.17) is 9.73 Å². The summed E-state index contributed by atoms with van der Waals surface area (Å²) >= 11 is 0. The first-order valence-electron chi connectivity index (χ1n) is 10.4. The molecular formula is C24H35IN4O. The molecule has 2 aromatic carbocycles. The average molecular weight is 522 g/mol. The van der Waals surface area contributed by atoms with Gasteiger partial charge in [-0.15, -0.1) is 24.0 Å².